The number of anilines is 3. The van der Waals surface area contributed by atoms with Crippen molar-refractivity contribution in [1.82, 2.24) is 29.8 Å². The van der Waals surface area contributed by atoms with Gasteiger partial charge in [0, 0.05) is 30.1 Å². The molecule has 5 heterocycles. The van der Waals surface area contributed by atoms with Crippen LogP contribution in [0.25, 0.3) is 22.3 Å². The molecule has 2 aliphatic heterocycles. The molecule has 4 N–H and O–H groups in total. The van der Waals surface area contributed by atoms with Crippen LogP contribution in [-0.4, -0.2) is 68.2 Å². The largest absolute Gasteiger partial charge is 0.383 e. The number of hydrogen-bond acceptors (Lipinski definition) is 9. The molecule has 3 aromatic heterocycles. The maximum Gasteiger partial charge on any atom is 0.325 e. The molecule has 12 nitrogen and oxygen atoms in total. The highest BCUT2D eigenvalue weighted by atomic mass is 19.1. The molecule has 0 aliphatic carbocycles. The summed E-state index contributed by atoms with van der Waals surface area (Å²) in [5.74, 6) is 0.502. The predicted molar refractivity (Wildman–Crippen MR) is 147 cm³/mol. The summed E-state index contributed by atoms with van der Waals surface area (Å²) in [6, 6.07) is 6.11. The number of likely N-dealkylation sites (tertiary alicyclic amines) is 1. The number of benzene rings is 1. The van der Waals surface area contributed by atoms with Gasteiger partial charge in [-0.2, -0.15) is 5.10 Å². The van der Waals surface area contributed by atoms with E-state index in [9.17, 15) is 4.79 Å². The highest BCUT2D eigenvalue weighted by Crippen LogP contribution is 2.35. The van der Waals surface area contributed by atoms with Crippen molar-refractivity contribution < 1.29 is 18.4 Å². The van der Waals surface area contributed by atoms with E-state index in [0.29, 0.717) is 34.1 Å². The average molecular weight is 550 g/mol. The molecule has 2 amide bonds. The predicted octanol–water partition coefficient (Wildman–Crippen LogP) is 4.18. The molecule has 1 aromatic carbocycles. The zero-order valence-corrected chi connectivity index (χ0v) is 22.6. The monoisotopic (exact) mass is 549 g/mol. The van der Waals surface area contributed by atoms with Gasteiger partial charge in [-0.1, -0.05) is 32.0 Å². The first-order chi connectivity index (χ1) is 19.2. The van der Waals surface area contributed by atoms with E-state index in [0.717, 1.165) is 39.1 Å². The van der Waals surface area contributed by atoms with Crippen LogP contribution in [0.5, 0.6) is 0 Å². The standard InChI is InChI=1S/C27H32FN9O3/c1-27(2,3)20-11-21(35-40-20)33-26(38)32-19-5-4-15(10-18(19)28)23-22-24(29)30-14-31-25(22)37(34-23)16-6-8-36(9-7-16)17-12-39-13-17/h4-5,10-11,14,16-17H,6-9,12-13H2,1-3H3,(H2,29,30,31)(H2,32,33,35,38). The van der Waals surface area contributed by atoms with Gasteiger partial charge >= 0.3 is 6.03 Å². The van der Waals surface area contributed by atoms with Crippen LogP contribution in [0, 0.1) is 5.82 Å². The van der Waals surface area contributed by atoms with E-state index in [-0.39, 0.29) is 28.8 Å². The number of hydrogen-bond donors (Lipinski definition) is 3. The van der Waals surface area contributed by atoms with Gasteiger partial charge in [0.1, 0.15) is 29.4 Å². The zero-order valence-electron chi connectivity index (χ0n) is 22.6. The number of fused-ring (bicyclic) bond motifs is 1. The number of amides is 2. The van der Waals surface area contributed by atoms with Gasteiger partial charge in [-0.25, -0.2) is 23.8 Å². The molecule has 6 rings (SSSR count). The van der Waals surface area contributed by atoms with Crippen molar-refractivity contribution in [3.05, 3.63) is 42.2 Å². The lowest BCUT2D eigenvalue weighted by Gasteiger charge is -2.41. The first-order valence-corrected chi connectivity index (χ1v) is 13.3. The molecule has 40 heavy (non-hydrogen) atoms. The molecule has 13 heteroatoms. The van der Waals surface area contributed by atoms with E-state index in [2.05, 4.69) is 30.7 Å². The second-order valence-electron chi connectivity index (χ2n) is 11.3. The van der Waals surface area contributed by atoms with Gasteiger partial charge in [0.2, 0.25) is 0 Å². The third kappa shape index (κ3) is 4.97. The maximum absolute atomic E-state index is 15.2. The third-order valence-electron chi connectivity index (χ3n) is 7.48. The van der Waals surface area contributed by atoms with Gasteiger partial charge in [-0.05, 0) is 25.0 Å². The first-order valence-electron chi connectivity index (χ1n) is 13.3. The van der Waals surface area contributed by atoms with E-state index >= 15 is 4.39 Å². The summed E-state index contributed by atoms with van der Waals surface area (Å²) < 4.78 is 27.8. The molecule has 0 radical (unpaired) electrons. The van der Waals surface area contributed by atoms with Gasteiger partial charge in [0.25, 0.3) is 0 Å². The Labute approximate surface area is 230 Å². The number of rotatable bonds is 5. The van der Waals surface area contributed by atoms with Crippen molar-refractivity contribution in [2.75, 3.05) is 42.7 Å². The fourth-order valence-corrected chi connectivity index (χ4v) is 5.10. The van der Waals surface area contributed by atoms with Crippen LogP contribution in [0.1, 0.15) is 45.4 Å². The number of urea groups is 1. The van der Waals surface area contributed by atoms with Crippen LogP contribution < -0.4 is 16.4 Å². The normalized spacial score (nSPS) is 17.2. The SMILES string of the molecule is CC(C)(C)c1cc(NC(=O)Nc2ccc(-c3nn(C4CCN(C5COC5)CC4)c4ncnc(N)c34)cc2F)no1. The quantitative estimate of drug-likeness (QED) is 0.333. The third-order valence-corrected chi connectivity index (χ3v) is 7.48. The number of nitrogens with zero attached hydrogens (tertiary/aromatic N) is 6. The Bertz CT molecular complexity index is 1550. The molecule has 2 aliphatic rings. The van der Waals surface area contributed by atoms with E-state index < -0.39 is 11.8 Å². The Morgan fingerprint density at radius 1 is 1.10 bits per heavy atom. The number of halogens is 1. The molecule has 2 fully saturated rings. The molecule has 2 saturated heterocycles. The molecule has 0 unspecified atom stereocenters. The summed E-state index contributed by atoms with van der Waals surface area (Å²) in [7, 11) is 0. The lowest BCUT2D eigenvalue weighted by molar-refractivity contribution is -0.0733. The van der Waals surface area contributed by atoms with E-state index in [1.165, 1.54) is 18.5 Å². The van der Waals surface area contributed by atoms with E-state index in [1.54, 1.807) is 12.1 Å². The second kappa shape index (κ2) is 10.1. The summed E-state index contributed by atoms with van der Waals surface area (Å²) in [5, 5.41) is 14.4. The molecule has 0 saturated carbocycles. The summed E-state index contributed by atoms with van der Waals surface area (Å²) >= 11 is 0. The summed E-state index contributed by atoms with van der Waals surface area (Å²) in [6.07, 6.45) is 3.24. The van der Waals surface area contributed by atoms with Crippen LogP contribution in [0.2, 0.25) is 0 Å². The fraction of sp³-hybridized carbons (Fsp3) is 0.444. The summed E-state index contributed by atoms with van der Waals surface area (Å²) in [4.78, 5) is 23.6. The minimum atomic E-state index is -0.646. The number of ether oxygens (including phenoxy) is 1. The van der Waals surface area contributed by atoms with Gasteiger partial charge in [-0.3, -0.25) is 10.2 Å². The Balaban J connectivity index is 1.22. The zero-order chi connectivity index (χ0) is 28.0. The smallest absolute Gasteiger partial charge is 0.325 e. The lowest BCUT2D eigenvalue weighted by Crippen LogP contribution is -2.51. The number of nitrogens with two attached hydrogens (primary N) is 1. The second-order valence-corrected chi connectivity index (χ2v) is 11.3. The van der Waals surface area contributed by atoms with Crippen molar-refractivity contribution in [2.24, 2.45) is 0 Å². The van der Waals surface area contributed by atoms with Crippen LogP contribution in [0.3, 0.4) is 0 Å². The number of carbonyl (C=O) groups excluding carboxylic acids is 1. The number of aromatic nitrogens is 5. The summed E-state index contributed by atoms with van der Waals surface area (Å²) in [6.45, 7) is 9.37. The minimum Gasteiger partial charge on any atom is -0.383 e. The minimum absolute atomic E-state index is 0.00101. The molecular weight excluding hydrogens is 517 g/mol. The highest BCUT2D eigenvalue weighted by molar-refractivity contribution is 6.00. The van der Waals surface area contributed by atoms with Crippen LogP contribution in [-0.2, 0) is 10.2 Å². The average Bonchev–Trinajstić information content (AvgIpc) is 3.51. The van der Waals surface area contributed by atoms with E-state index in [4.69, 9.17) is 20.1 Å². The van der Waals surface area contributed by atoms with Crippen molar-refractivity contribution in [1.29, 1.82) is 0 Å². The Morgan fingerprint density at radius 2 is 1.88 bits per heavy atom. The molecular formula is C27H32FN9O3. The maximum atomic E-state index is 15.2. The van der Waals surface area contributed by atoms with Crippen molar-refractivity contribution >= 4 is 34.4 Å². The van der Waals surface area contributed by atoms with Crippen LogP contribution in [0.4, 0.5) is 26.5 Å². The Morgan fingerprint density at radius 3 is 2.52 bits per heavy atom. The van der Waals surface area contributed by atoms with Crippen molar-refractivity contribution in [2.45, 2.75) is 51.1 Å². The molecule has 210 valence electrons. The van der Waals surface area contributed by atoms with Crippen LogP contribution >= 0.6 is 0 Å². The lowest BCUT2D eigenvalue weighted by atomic mass is 9.93. The number of nitrogen functional groups attached to an aromatic ring is 1. The molecule has 0 bridgehead atoms. The van der Waals surface area contributed by atoms with Gasteiger partial charge < -0.3 is 20.3 Å². The van der Waals surface area contributed by atoms with Crippen LogP contribution in [0.15, 0.2) is 35.1 Å². The van der Waals surface area contributed by atoms with E-state index in [1.807, 2.05) is 25.5 Å². The topological polar surface area (TPSA) is 149 Å². The molecule has 4 aromatic rings. The fourth-order valence-electron chi connectivity index (χ4n) is 5.10. The number of nitrogens with one attached hydrogen (secondary N) is 2. The van der Waals surface area contributed by atoms with Gasteiger partial charge in [0.15, 0.2) is 11.5 Å². The molecule has 0 atom stereocenters. The first kappa shape index (κ1) is 26.1. The molecule has 0 spiro atoms. The summed E-state index contributed by atoms with van der Waals surface area (Å²) in [5.41, 5.74) is 7.62. The number of piperidine rings is 1. The van der Waals surface area contributed by atoms with Crippen molar-refractivity contribution in [3.63, 3.8) is 0 Å². The van der Waals surface area contributed by atoms with Crippen molar-refractivity contribution in [3.8, 4) is 11.3 Å². The Hall–Kier alpha value is -4.10. The van der Waals surface area contributed by atoms with Gasteiger partial charge in [0.05, 0.1) is 36.4 Å². The highest BCUT2D eigenvalue weighted by Gasteiger charge is 2.32. The number of carbonyl (C=O) groups is 1. The Kier molecular flexibility index (Phi) is 6.62. The van der Waals surface area contributed by atoms with Gasteiger partial charge in [-0.15, -0.1) is 0 Å².